The lowest BCUT2D eigenvalue weighted by Crippen LogP contribution is -2.07. The highest BCUT2D eigenvalue weighted by atomic mass is 16.3. The number of benzene rings is 2. The Hall–Kier alpha value is -2.55. The number of aromatic hydroxyl groups is 1. The average molecular weight is 278 g/mol. The number of fused-ring (bicyclic) bond motifs is 1. The maximum Gasteiger partial charge on any atom is 0.120 e. The summed E-state index contributed by atoms with van der Waals surface area (Å²) in [7, 11) is 0. The van der Waals surface area contributed by atoms with Gasteiger partial charge in [-0.05, 0) is 32.0 Å². The number of rotatable bonds is 3. The van der Waals surface area contributed by atoms with Gasteiger partial charge >= 0.3 is 0 Å². The number of hydrogen-bond acceptors (Lipinski definition) is 3. The molecule has 0 amide bonds. The monoisotopic (exact) mass is 278 g/mol. The van der Waals surface area contributed by atoms with E-state index in [2.05, 4.69) is 10.3 Å². The largest absolute Gasteiger partial charge is 0.508 e. The lowest BCUT2D eigenvalue weighted by atomic mass is 10.0. The van der Waals surface area contributed by atoms with Gasteiger partial charge in [-0.2, -0.15) is 0 Å². The van der Waals surface area contributed by atoms with Gasteiger partial charge in [-0.25, -0.2) is 0 Å². The third kappa shape index (κ3) is 2.68. The Balaban J connectivity index is 1.96. The molecule has 0 aliphatic heterocycles. The van der Waals surface area contributed by atoms with Gasteiger partial charge in [-0.3, -0.25) is 4.98 Å². The molecule has 1 unspecified atom stereocenters. The zero-order chi connectivity index (χ0) is 14.8. The highest BCUT2D eigenvalue weighted by Crippen LogP contribution is 2.30. The number of phenolic OH excluding ortho intramolecular Hbond substituents is 1. The number of nitrogens with one attached hydrogen (secondary N) is 1. The lowest BCUT2D eigenvalue weighted by molar-refractivity contribution is 0.465. The first-order valence-corrected chi connectivity index (χ1v) is 7.05. The van der Waals surface area contributed by atoms with E-state index in [4.69, 9.17) is 0 Å². The summed E-state index contributed by atoms with van der Waals surface area (Å²) in [6, 6.07) is 15.7. The molecule has 0 aliphatic carbocycles. The van der Waals surface area contributed by atoms with E-state index >= 15 is 0 Å². The second-order valence-corrected chi connectivity index (χ2v) is 5.31. The molecule has 1 atom stereocenters. The van der Waals surface area contributed by atoms with E-state index in [-0.39, 0.29) is 6.04 Å². The van der Waals surface area contributed by atoms with E-state index in [1.165, 1.54) is 0 Å². The van der Waals surface area contributed by atoms with Crippen LogP contribution in [0, 0.1) is 6.92 Å². The Morgan fingerprint density at radius 3 is 2.76 bits per heavy atom. The number of nitrogens with zero attached hydrogens (tertiary/aromatic N) is 1. The van der Waals surface area contributed by atoms with E-state index in [0.29, 0.717) is 5.75 Å². The van der Waals surface area contributed by atoms with Crippen molar-refractivity contribution in [2.75, 3.05) is 5.32 Å². The predicted molar refractivity (Wildman–Crippen MR) is 86.6 cm³/mol. The van der Waals surface area contributed by atoms with E-state index in [1.807, 2.05) is 56.3 Å². The predicted octanol–water partition coefficient (Wildman–Crippen LogP) is 4.42. The molecule has 0 bridgehead atoms. The Labute approximate surface area is 124 Å². The first-order chi connectivity index (χ1) is 10.1. The summed E-state index contributed by atoms with van der Waals surface area (Å²) in [5.41, 5.74) is 3.94. The Bertz CT molecular complexity index is 778. The first kappa shape index (κ1) is 13.4. The average Bonchev–Trinajstić information content (AvgIpc) is 2.50. The fourth-order valence-corrected chi connectivity index (χ4v) is 2.55. The van der Waals surface area contributed by atoms with Gasteiger partial charge in [0.15, 0.2) is 0 Å². The van der Waals surface area contributed by atoms with Crippen molar-refractivity contribution in [1.29, 1.82) is 0 Å². The van der Waals surface area contributed by atoms with Crippen LogP contribution in [0.4, 0.5) is 5.69 Å². The number of aryl methyl sites for hydroxylation is 1. The summed E-state index contributed by atoms with van der Waals surface area (Å²) in [5, 5.41) is 14.6. The van der Waals surface area contributed by atoms with Gasteiger partial charge in [0.25, 0.3) is 0 Å². The fraction of sp³-hybridized carbons (Fsp3) is 0.167. The van der Waals surface area contributed by atoms with Gasteiger partial charge in [0, 0.05) is 17.1 Å². The number of anilines is 1. The van der Waals surface area contributed by atoms with E-state index < -0.39 is 0 Å². The van der Waals surface area contributed by atoms with Crippen molar-refractivity contribution >= 4 is 16.6 Å². The second-order valence-electron chi connectivity index (χ2n) is 5.31. The minimum absolute atomic E-state index is 0.00231. The quantitative estimate of drug-likeness (QED) is 0.745. The van der Waals surface area contributed by atoms with Crippen LogP contribution in [-0.4, -0.2) is 10.1 Å². The molecule has 2 aromatic carbocycles. The van der Waals surface area contributed by atoms with Crippen molar-refractivity contribution in [3.05, 3.63) is 65.9 Å². The number of para-hydroxylation sites is 1. The standard InChI is InChI=1S/C18H18N2O/c1-12-8-9-17(21)15(11-12)13(2)20-16-7-3-5-14-6-4-10-19-18(14)16/h3-11,13,20-21H,1-2H3. The summed E-state index contributed by atoms with van der Waals surface area (Å²) in [6.07, 6.45) is 1.79. The van der Waals surface area contributed by atoms with Gasteiger partial charge in [0.05, 0.1) is 17.2 Å². The van der Waals surface area contributed by atoms with Crippen molar-refractivity contribution in [1.82, 2.24) is 4.98 Å². The van der Waals surface area contributed by atoms with Crippen molar-refractivity contribution < 1.29 is 5.11 Å². The van der Waals surface area contributed by atoms with Crippen molar-refractivity contribution in [2.45, 2.75) is 19.9 Å². The molecule has 3 aromatic rings. The van der Waals surface area contributed by atoms with Gasteiger partial charge < -0.3 is 10.4 Å². The smallest absolute Gasteiger partial charge is 0.120 e. The molecule has 3 rings (SSSR count). The molecule has 1 heterocycles. The third-order valence-electron chi connectivity index (χ3n) is 3.65. The van der Waals surface area contributed by atoms with Crippen LogP contribution in [0.15, 0.2) is 54.7 Å². The molecular formula is C18H18N2O. The summed E-state index contributed by atoms with van der Waals surface area (Å²) < 4.78 is 0. The van der Waals surface area contributed by atoms with Crippen LogP contribution in [0.3, 0.4) is 0 Å². The highest BCUT2D eigenvalue weighted by Gasteiger charge is 2.12. The molecule has 21 heavy (non-hydrogen) atoms. The van der Waals surface area contributed by atoms with E-state index in [1.54, 1.807) is 12.3 Å². The van der Waals surface area contributed by atoms with E-state index in [0.717, 1.165) is 27.7 Å². The second kappa shape index (κ2) is 5.44. The first-order valence-electron chi connectivity index (χ1n) is 7.05. The molecule has 0 radical (unpaired) electrons. The van der Waals surface area contributed by atoms with Crippen LogP contribution in [0.2, 0.25) is 0 Å². The Kier molecular flexibility index (Phi) is 3.48. The van der Waals surface area contributed by atoms with Crippen LogP contribution < -0.4 is 5.32 Å². The van der Waals surface area contributed by atoms with Crippen LogP contribution in [-0.2, 0) is 0 Å². The normalized spacial score (nSPS) is 12.3. The number of pyridine rings is 1. The Morgan fingerprint density at radius 2 is 1.90 bits per heavy atom. The van der Waals surface area contributed by atoms with Gasteiger partial charge in [-0.15, -0.1) is 0 Å². The minimum atomic E-state index is -0.00231. The topological polar surface area (TPSA) is 45.1 Å². The maximum atomic E-state index is 10.0. The van der Waals surface area contributed by atoms with Gasteiger partial charge in [0.2, 0.25) is 0 Å². The molecule has 0 saturated carbocycles. The van der Waals surface area contributed by atoms with Gasteiger partial charge in [0.1, 0.15) is 5.75 Å². The van der Waals surface area contributed by atoms with Crippen molar-refractivity contribution in [2.24, 2.45) is 0 Å². The zero-order valence-corrected chi connectivity index (χ0v) is 12.2. The number of phenols is 1. The fourth-order valence-electron chi connectivity index (χ4n) is 2.55. The molecule has 0 fully saturated rings. The summed E-state index contributed by atoms with van der Waals surface area (Å²) in [6.45, 7) is 4.06. The Morgan fingerprint density at radius 1 is 1.10 bits per heavy atom. The molecule has 1 aromatic heterocycles. The third-order valence-corrected chi connectivity index (χ3v) is 3.65. The molecular weight excluding hydrogens is 260 g/mol. The number of hydrogen-bond donors (Lipinski definition) is 2. The molecule has 3 heteroatoms. The molecule has 2 N–H and O–H groups in total. The molecule has 106 valence electrons. The summed E-state index contributed by atoms with van der Waals surface area (Å²) >= 11 is 0. The molecule has 0 spiro atoms. The van der Waals surface area contributed by atoms with Crippen molar-refractivity contribution in [3.63, 3.8) is 0 Å². The van der Waals surface area contributed by atoms with Crippen LogP contribution in [0.5, 0.6) is 5.75 Å². The molecule has 0 aliphatic rings. The van der Waals surface area contributed by atoms with Gasteiger partial charge in [-0.1, -0.05) is 35.9 Å². The zero-order valence-electron chi connectivity index (χ0n) is 12.2. The summed E-state index contributed by atoms with van der Waals surface area (Å²) in [4.78, 5) is 4.44. The minimum Gasteiger partial charge on any atom is -0.508 e. The van der Waals surface area contributed by atoms with Crippen LogP contribution in [0.1, 0.15) is 24.1 Å². The summed E-state index contributed by atoms with van der Waals surface area (Å²) in [5.74, 6) is 0.314. The van der Waals surface area contributed by atoms with Crippen LogP contribution >= 0.6 is 0 Å². The SMILES string of the molecule is Cc1ccc(O)c(C(C)Nc2cccc3cccnc23)c1. The highest BCUT2D eigenvalue weighted by molar-refractivity contribution is 5.90. The van der Waals surface area contributed by atoms with Crippen molar-refractivity contribution in [3.8, 4) is 5.75 Å². The lowest BCUT2D eigenvalue weighted by Gasteiger charge is -2.18. The molecule has 3 nitrogen and oxygen atoms in total. The maximum absolute atomic E-state index is 10.0. The van der Waals surface area contributed by atoms with E-state index in [9.17, 15) is 5.11 Å². The van der Waals surface area contributed by atoms with Crippen LogP contribution in [0.25, 0.3) is 10.9 Å². The number of aromatic nitrogens is 1. The molecule has 0 saturated heterocycles.